The Morgan fingerprint density at radius 1 is 1.00 bits per heavy atom. The number of Topliss-reactive ketones (excluding diaryl/α,β-unsaturated/α-hetero) is 1. The first-order valence-corrected chi connectivity index (χ1v) is 6.01. The molecule has 0 atom stereocenters. The number of hydrogen-bond donors (Lipinski definition) is 0. The molecule has 0 radical (unpaired) electrons. The molecule has 98 valence electrons. The lowest BCUT2D eigenvalue weighted by molar-refractivity contribution is 0.0992. The molecule has 2 aromatic carbocycles. The van der Waals surface area contributed by atoms with E-state index in [1.165, 1.54) is 24.3 Å². The molecule has 0 aliphatic carbocycles. The van der Waals surface area contributed by atoms with Crippen LogP contribution in [0.1, 0.15) is 27.0 Å². The van der Waals surface area contributed by atoms with Crippen LogP contribution in [0, 0.1) is 25.5 Å². The molecular formula is C16H14F2O. The first-order chi connectivity index (χ1) is 8.95. The van der Waals surface area contributed by atoms with Crippen LogP contribution in [0.4, 0.5) is 8.78 Å². The standard InChI is InChI=1S/C16H14F2O/c1-10-5-13(8-15(18)6-10)16(19)9-12-7-14(17)4-3-11(12)2/h3-8H,9H2,1-2H3. The van der Waals surface area contributed by atoms with Crippen LogP contribution in [0.3, 0.4) is 0 Å². The molecule has 0 unspecified atom stereocenters. The summed E-state index contributed by atoms with van der Waals surface area (Å²) in [7, 11) is 0. The second-order valence-corrected chi connectivity index (χ2v) is 4.69. The topological polar surface area (TPSA) is 17.1 Å². The minimum absolute atomic E-state index is 0.0759. The lowest BCUT2D eigenvalue weighted by Gasteiger charge is -2.06. The van der Waals surface area contributed by atoms with Gasteiger partial charge in [-0.2, -0.15) is 0 Å². The summed E-state index contributed by atoms with van der Waals surface area (Å²) in [5.74, 6) is -1.01. The van der Waals surface area contributed by atoms with Crippen LogP contribution >= 0.6 is 0 Å². The van der Waals surface area contributed by atoms with Gasteiger partial charge in [0.1, 0.15) is 11.6 Å². The molecule has 0 fully saturated rings. The SMILES string of the molecule is Cc1cc(F)cc(C(=O)Cc2cc(F)ccc2C)c1. The van der Waals surface area contributed by atoms with Crippen molar-refractivity contribution in [3.05, 3.63) is 70.3 Å². The third kappa shape index (κ3) is 3.25. The summed E-state index contributed by atoms with van der Waals surface area (Å²) in [6.07, 6.45) is 0.0759. The summed E-state index contributed by atoms with van der Waals surface area (Å²) in [6, 6.07) is 8.55. The smallest absolute Gasteiger partial charge is 0.167 e. The highest BCUT2D eigenvalue weighted by Crippen LogP contribution is 2.15. The van der Waals surface area contributed by atoms with Crippen molar-refractivity contribution in [3.63, 3.8) is 0 Å². The van der Waals surface area contributed by atoms with Crippen LogP contribution in [0.25, 0.3) is 0 Å². The van der Waals surface area contributed by atoms with Gasteiger partial charge in [-0.1, -0.05) is 6.07 Å². The van der Waals surface area contributed by atoms with Crippen LogP contribution < -0.4 is 0 Å². The zero-order chi connectivity index (χ0) is 14.0. The Labute approximate surface area is 110 Å². The van der Waals surface area contributed by atoms with Crippen molar-refractivity contribution >= 4 is 5.78 Å². The summed E-state index contributed by atoms with van der Waals surface area (Å²) in [6.45, 7) is 3.55. The molecule has 1 nitrogen and oxygen atoms in total. The van der Waals surface area contributed by atoms with Crippen LogP contribution in [-0.4, -0.2) is 5.78 Å². The van der Waals surface area contributed by atoms with Gasteiger partial charge >= 0.3 is 0 Å². The maximum atomic E-state index is 13.3. The number of carbonyl (C=O) groups excluding carboxylic acids is 1. The van der Waals surface area contributed by atoms with Crippen LogP contribution in [-0.2, 0) is 6.42 Å². The van der Waals surface area contributed by atoms with Gasteiger partial charge in [0.15, 0.2) is 5.78 Å². The predicted octanol–water partition coefficient (Wildman–Crippen LogP) is 4.01. The van der Waals surface area contributed by atoms with E-state index >= 15 is 0 Å². The molecule has 0 saturated heterocycles. The fourth-order valence-electron chi connectivity index (χ4n) is 2.00. The maximum absolute atomic E-state index is 13.3. The summed E-state index contributed by atoms with van der Waals surface area (Å²) in [5, 5.41) is 0. The first kappa shape index (κ1) is 13.4. The second kappa shape index (κ2) is 5.31. The molecule has 0 spiro atoms. The van der Waals surface area contributed by atoms with E-state index in [2.05, 4.69) is 0 Å². The highest BCUT2D eigenvalue weighted by molar-refractivity contribution is 5.97. The van der Waals surface area contributed by atoms with Crippen LogP contribution in [0.5, 0.6) is 0 Å². The van der Waals surface area contributed by atoms with E-state index in [4.69, 9.17) is 0 Å². The highest BCUT2D eigenvalue weighted by Gasteiger charge is 2.11. The minimum Gasteiger partial charge on any atom is -0.294 e. The molecule has 0 amide bonds. The Balaban J connectivity index is 2.28. The maximum Gasteiger partial charge on any atom is 0.167 e. The molecule has 3 heteroatoms. The molecule has 0 heterocycles. The summed E-state index contributed by atoms with van der Waals surface area (Å²) >= 11 is 0. The molecule has 0 N–H and O–H groups in total. The van der Waals surface area contributed by atoms with Gasteiger partial charge in [0.2, 0.25) is 0 Å². The van der Waals surface area contributed by atoms with Gasteiger partial charge in [0.05, 0.1) is 0 Å². The third-order valence-corrected chi connectivity index (χ3v) is 3.03. The van der Waals surface area contributed by atoms with Crippen molar-refractivity contribution in [2.75, 3.05) is 0 Å². The third-order valence-electron chi connectivity index (χ3n) is 3.03. The Hall–Kier alpha value is -2.03. The average Bonchev–Trinajstić information content (AvgIpc) is 2.32. The monoisotopic (exact) mass is 260 g/mol. The fourth-order valence-corrected chi connectivity index (χ4v) is 2.00. The molecule has 2 aromatic rings. The number of ketones is 1. The van der Waals surface area contributed by atoms with E-state index in [1.54, 1.807) is 19.1 Å². The molecule has 19 heavy (non-hydrogen) atoms. The average molecular weight is 260 g/mol. The van der Waals surface area contributed by atoms with Crippen molar-refractivity contribution in [1.29, 1.82) is 0 Å². The molecule has 0 aliphatic rings. The van der Waals surface area contributed by atoms with E-state index in [0.29, 0.717) is 16.7 Å². The number of aryl methyl sites for hydroxylation is 2. The first-order valence-electron chi connectivity index (χ1n) is 6.01. The number of benzene rings is 2. The fraction of sp³-hybridized carbons (Fsp3) is 0.188. The molecule has 0 bridgehead atoms. The number of hydrogen-bond acceptors (Lipinski definition) is 1. The lowest BCUT2D eigenvalue weighted by Crippen LogP contribution is -2.06. The van der Waals surface area contributed by atoms with E-state index in [0.717, 1.165) is 5.56 Å². The van der Waals surface area contributed by atoms with Gasteiger partial charge in [0, 0.05) is 12.0 Å². The minimum atomic E-state index is -0.431. The number of rotatable bonds is 3. The Morgan fingerprint density at radius 3 is 2.42 bits per heavy atom. The largest absolute Gasteiger partial charge is 0.294 e. The van der Waals surface area contributed by atoms with Gasteiger partial charge in [-0.25, -0.2) is 8.78 Å². The van der Waals surface area contributed by atoms with Gasteiger partial charge in [0.25, 0.3) is 0 Å². The zero-order valence-electron chi connectivity index (χ0n) is 10.8. The van der Waals surface area contributed by atoms with Gasteiger partial charge in [-0.3, -0.25) is 4.79 Å². The van der Waals surface area contributed by atoms with Crippen molar-refractivity contribution in [2.24, 2.45) is 0 Å². The summed E-state index contributed by atoms with van der Waals surface area (Å²) in [4.78, 5) is 12.1. The lowest BCUT2D eigenvalue weighted by atomic mass is 9.98. The summed E-state index contributed by atoms with van der Waals surface area (Å²) in [5.41, 5.74) is 2.50. The van der Waals surface area contributed by atoms with Crippen molar-refractivity contribution in [2.45, 2.75) is 20.3 Å². The van der Waals surface area contributed by atoms with Gasteiger partial charge in [-0.15, -0.1) is 0 Å². The predicted molar refractivity (Wildman–Crippen MR) is 70.3 cm³/mol. The molecule has 0 aliphatic heterocycles. The van der Waals surface area contributed by atoms with E-state index in [1.807, 2.05) is 6.92 Å². The van der Waals surface area contributed by atoms with Gasteiger partial charge < -0.3 is 0 Å². The molecular weight excluding hydrogens is 246 g/mol. The molecule has 0 saturated carbocycles. The van der Waals surface area contributed by atoms with Crippen molar-refractivity contribution < 1.29 is 13.6 Å². The highest BCUT2D eigenvalue weighted by atomic mass is 19.1. The van der Waals surface area contributed by atoms with Crippen molar-refractivity contribution in [1.82, 2.24) is 0 Å². The van der Waals surface area contributed by atoms with E-state index < -0.39 is 5.82 Å². The summed E-state index contributed by atoms with van der Waals surface area (Å²) < 4.78 is 26.4. The zero-order valence-corrected chi connectivity index (χ0v) is 10.8. The van der Waals surface area contributed by atoms with Crippen molar-refractivity contribution in [3.8, 4) is 0 Å². The van der Waals surface area contributed by atoms with Crippen LogP contribution in [0.2, 0.25) is 0 Å². The molecule has 2 rings (SSSR count). The Bertz CT molecular complexity index is 612. The van der Waals surface area contributed by atoms with E-state index in [-0.39, 0.29) is 18.0 Å². The normalized spacial score (nSPS) is 10.5. The van der Waals surface area contributed by atoms with Gasteiger partial charge in [-0.05, 0) is 60.9 Å². The van der Waals surface area contributed by atoms with E-state index in [9.17, 15) is 13.6 Å². The second-order valence-electron chi connectivity index (χ2n) is 4.69. The van der Waals surface area contributed by atoms with Crippen LogP contribution in [0.15, 0.2) is 36.4 Å². The number of carbonyl (C=O) groups is 1. The molecule has 0 aromatic heterocycles. The Kier molecular flexibility index (Phi) is 3.74. The Morgan fingerprint density at radius 2 is 1.74 bits per heavy atom. The number of halogens is 2. The quantitative estimate of drug-likeness (QED) is 0.762.